The molecule has 0 spiro atoms. The smallest absolute Gasteiger partial charge is 0.333 e. The summed E-state index contributed by atoms with van der Waals surface area (Å²) in [4.78, 5) is 28.0. The molecule has 1 aromatic carbocycles. The van der Waals surface area contributed by atoms with E-state index in [0.717, 1.165) is 38.0 Å². The van der Waals surface area contributed by atoms with Crippen LogP contribution in [0.4, 0.5) is 5.69 Å². The first-order chi connectivity index (χ1) is 13.1. The van der Waals surface area contributed by atoms with E-state index in [4.69, 9.17) is 4.74 Å². The molecule has 3 fully saturated rings. The molecular weight excluding hydrogens is 360 g/mol. The minimum Gasteiger partial charge on any atom is -0.459 e. The molecule has 3 aliphatic heterocycles. The zero-order chi connectivity index (χ0) is 18.8. The van der Waals surface area contributed by atoms with Crippen LogP contribution in [0.1, 0.15) is 41.0 Å². The van der Waals surface area contributed by atoms with Gasteiger partial charge in [0.15, 0.2) is 11.8 Å². The fourth-order valence-electron chi connectivity index (χ4n) is 4.04. The second kappa shape index (κ2) is 7.82. The van der Waals surface area contributed by atoms with Crippen molar-refractivity contribution < 1.29 is 14.3 Å². The van der Waals surface area contributed by atoms with E-state index in [-0.39, 0.29) is 17.9 Å². The van der Waals surface area contributed by atoms with Gasteiger partial charge < -0.3 is 10.1 Å². The van der Waals surface area contributed by atoms with Crippen LogP contribution in [0, 0.1) is 5.92 Å². The van der Waals surface area contributed by atoms with Crippen LogP contribution < -0.4 is 5.32 Å². The van der Waals surface area contributed by atoms with Crippen LogP contribution in [0.25, 0.3) is 0 Å². The lowest BCUT2D eigenvalue weighted by Crippen LogP contribution is -2.52. The predicted octanol–water partition coefficient (Wildman–Crippen LogP) is 3.74. The second-order valence-electron chi connectivity index (χ2n) is 7.32. The molecule has 142 valence electrons. The molecule has 0 saturated carbocycles. The van der Waals surface area contributed by atoms with Crippen LogP contribution >= 0.6 is 11.3 Å². The number of nitrogens with one attached hydrogen (secondary N) is 1. The SMILES string of the molecule is CC(=O)c1sccc1N[C@@H](C(=O)OC1CN2CCC1CC2)c1ccccc1. The van der Waals surface area contributed by atoms with Crippen molar-refractivity contribution in [1.82, 2.24) is 4.90 Å². The molecule has 3 aliphatic rings. The normalized spacial score (nSPS) is 25.0. The Labute approximate surface area is 163 Å². The minimum atomic E-state index is -0.630. The highest BCUT2D eigenvalue weighted by Crippen LogP contribution is 2.32. The van der Waals surface area contributed by atoms with Crippen molar-refractivity contribution in [3.8, 4) is 0 Å². The molecule has 0 aliphatic carbocycles. The molecule has 5 nitrogen and oxygen atoms in total. The summed E-state index contributed by atoms with van der Waals surface area (Å²) in [6.45, 7) is 4.58. The van der Waals surface area contributed by atoms with Gasteiger partial charge in [-0.2, -0.15) is 0 Å². The van der Waals surface area contributed by atoms with E-state index in [1.807, 2.05) is 41.8 Å². The Balaban J connectivity index is 1.55. The highest BCUT2D eigenvalue weighted by molar-refractivity contribution is 7.12. The molecule has 1 aromatic heterocycles. The molecule has 0 radical (unpaired) electrons. The number of ether oxygens (including phenoxy) is 1. The van der Waals surface area contributed by atoms with Gasteiger partial charge in [0.25, 0.3) is 0 Å². The van der Waals surface area contributed by atoms with Crippen LogP contribution in [0.3, 0.4) is 0 Å². The summed E-state index contributed by atoms with van der Waals surface area (Å²) in [5, 5.41) is 5.12. The van der Waals surface area contributed by atoms with Crippen molar-refractivity contribution in [2.75, 3.05) is 25.0 Å². The number of carbonyl (C=O) groups is 2. The van der Waals surface area contributed by atoms with Gasteiger partial charge in [0.05, 0.1) is 10.6 Å². The lowest BCUT2D eigenvalue weighted by atomic mass is 9.86. The second-order valence-corrected chi connectivity index (χ2v) is 8.24. The van der Waals surface area contributed by atoms with Crippen LogP contribution in [-0.4, -0.2) is 42.4 Å². The number of fused-ring (bicyclic) bond motifs is 3. The monoisotopic (exact) mass is 384 g/mol. The van der Waals surface area contributed by atoms with Gasteiger partial charge in [0.2, 0.25) is 0 Å². The van der Waals surface area contributed by atoms with Gasteiger partial charge in [0, 0.05) is 13.5 Å². The first kappa shape index (κ1) is 18.2. The maximum Gasteiger partial charge on any atom is 0.333 e. The Morgan fingerprint density at radius 2 is 1.93 bits per heavy atom. The molecule has 2 aromatic rings. The Kier molecular flexibility index (Phi) is 5.27. The van der Waals surface area contributed by atoms with Crippen LogP contribution in [0.2, 0.25) is 0 Å². The number of carbonyl (C=O) groups excluding carboxylic acids is 2. The van der Waals surface area contributed by atoms with E-state index in [1.54, 1.807) is 6.92 Å². The number of hydrogen-bond donors (Lipinski definition) is 1. The van der Waals surface area contributed by atoms with Gasteiger partial charge in [-0.15, -0.1) is 11.3 Å². The minimum absolute atomic E-state index is 0.00920. The maximum atomic E-state index is 13.1. The zero-order valence-electron chi connectivity index (χ0n) is 15.4. The molecule has 1 N–H and O–H groups in total. The summed E-state index contributed by atoms with van der Waals surface area (Å²) in [5.74, 6) is 0.176. The van der Waals surface area contributed by atoms with Crippen molar-refractivity contribution in [3.05, 3.63) is 52.2 Å². The molecule has 3 saturated heterocycles. The summed E-state index contributed by atoms with van der Waals surface area (Å²) >= 11 is 1.38. The summed E-state index contributed by atoms with van der Waals surface area (Å²) in [7, 11) is 0. The molecule has 0 amide bonds. The average Bonchev–Trinajstić information content (AvgIpc) is 3.16. The lowest BCUT2D eigenvalue weighted by Gasteiger charge is -2.44. The van der Waals surface area contributed by atoms with Gasteiger partial charge in [-0.1, -0.05) is 30.3 Å². The zero-order valence-corrected chi connectivity index (χ0v) is 16.2. The van der Waals surface area contributed by atoms with Gasteiger partial charge in [-0.05, 0) is 48.9 Å². The molecule has 1 unspecified atom stereocenters. The number of rotatable bonds is 6. The quantitative estimate of drug-likeness (QED) is 0.607. The van der Waals surface area contributed by atoms with Crippen LogP contribution in [0.5, 0.6) is 0 Å². The van der Waals surface area contributed by atoms with E-state index in [9.17, 15) is 9.59 Å². The Morgan fingerprint density at radius 3 is 2.56 bits per heavy atom. The van der Waals surface area contributed by atoms with Crippen molar-refractivity contribution in [3.63, 3.8) is 0 Å². The van der Waals surface area contributed by atoms with Crippen molar-refractivity contribution >= 4 is 28.8 Å². The number of hydrogen-bond acceptors (Lipinski definition) is 6. The molecule has 4 heterocycles. The Hall–Kier alpha value is -2.18. The van der Waals surface area contributed by atoms with E-state index >= 15 is 0 Å². The number of thiophene rings is 1. The van der Waals surface area contributed by atoms with Gasteiger partial charge in [-0.3, -0.25) is 9.69 Å². The number of anilines is 1. The molecule has 2 bridgehead atoms. The summed E-state index contributed by atoms with van der Waals surface area (Å²) in [6, 6.07) is 10.8. The fourth-order valence-corrected chi connectivity index (χ4v) is 4.80. The van der Waals surface area contributed by atoms with Gasteiger partial charge in [0.1, 0.15) is 6.10 Å². The van der Waals surface area contributed by atoms with E-state index in [2.05, 4.69) is 10.2 Å². The molecule has 6 heteroatoms. The third kappa shape index (κ3) is 3.92. The number of nitrogens with zero attached hydrogens (tertiary/aromatic N) is 1. The van der Waals surface area contributed by atoms with Crippen molar-refractivity contribution in [1.29, 1.82) is 0 Å². The first-order valence-electron chi connectivity index (χ1n) is 9.44. The van der Waals surface area contributed by atoms with Crippen LogP contribution in [0.15, 0.2) is 41.8 Å². The fraction of sp³-hybridized carbons (Fsp3) is 0.429. The summed E-state index contributed by atoms with van der Waals surface area (Å²) in [6.07, 6.45) is 2.16. The van der Waals surface area contributed by atoms with E-state index in [1.165, 1.54) is 11.3 Å². The van der Waals surface area contributed by atoms with Crippen molar-refractivity contribution in [2.45, 2.75) is 31.9 Å². The van der Waals surface area contributed by atoms with Gasteiger partial charge >= 0.3 is 5.97 Å². The third-order valence-electron chi connectivity index (χ3n) is 5.52. The topological polar surface area (TPSA) is 58.6 Å². The largest absolute Gasteiger partial charge is 0.459 e. The summed E-state index contributed by atoms with van der Waals surface area (Å²) in [5.41, 5.74) is 1.52. The lowest BCUT2D eigenvalue weighted by molar-refractivity contribution is -0.159. The molecular formula is C21H24N2O3S. The third-order valence-corrected chi connectivity index (χ3v) is 6.53. The van der Waals surface area contributed by atoms with Crippen molar-refractivity contribution in [2.24, 2.45) is 5.92 Å². The highest BCUT2D eigenvalue weighted by Gasteiger charge is 2.38. The predicted molar refractivity (Wildman–Crippen MR) is 106 cm³/mol. The van der Waals surface area contributed by atoms with E-state index in [0.29, 0.717) is 16.5 Å². The standard InChI is InChI=1S/C21H24N2O3S/c1-14(24)20-17(9-12-27-20)22-19(16-5-3-2-4-6-16)21(25)26-18-13-23-10-7-15(18)8-11-23/h2-6,9,12,15,18-19,22H,7-8,10-11,13H2,1H3/t18?,19-/m1/s1. The number of benzene rings is 1. The van der Waals surface area contributed by atoms with Crippen LogP contribution in [-0.2, 0) is 9.53 Å². The number of ketones is 1. The average molecular weight is 385 g/mol. The molecule has 27 heavy (non-hydrogen) atoms. The molecule has 5 rings (SSSR count). The summed E-state index contributed by atoms with van der Waals surface area (Å²) < 4.78 is 5.97. The Bertz CT molecular complexity index is 812. The van der Waals surface area contributed by atoms with Gasteiger partial charge in [-0.25, -0.2) is 4.79 Å². The first-order valence-corrected chi connectivity index (χ1v) is 10.3. The number of esters is 1. The molecule has 2 atom stereocenters. The maximum absolute atomic E-state index is 13.1. The van der Waals surface area contributed by atoms with E-state index < -0.39 is 6.04 Å². The highest BCUT2D eigenvalue weighted by atomic mass is 32.1. The number of piperidine rings is 3. The Morgan fingerprint density at radius 1 is 1.19 bits per heavy atom. The number of Topliss-reactive ketones (excluding diaryl/α,β-unsaturated/α-hetero) is 1.